The maximum absolute atomic E-state index is 13.2. The number of rotatable bonds is 9. The first-order chi connectivity index (χ1) is 17.0. The third kappa shape index (κ3) is 5.92. The number of aryl methyl sites for hydroxylation is 1. The summed E-state index contributed by atoms with van der Waals surface area (Å²) in [7, 11) is 0. The summed E-state index contributed by atoms with van der Waals surface area (Å²) in [5.41, 5.74) is 2.11. The van der Waals surface area contributed by atoms with Crippen molar-refractivity contribution in [2.75, 3.05) is 6.61 Å². The van der Waals surface area contributed by atoms with Gasteiger partial charge in [-0.3, -0.25) is 4.79 Å². The number of hydrogen-bond donors (Lipinski definition) is 0. The second kappa shape index (κ2) is 11.5. The zero-order chi connectivity index (χ0) is 24.8. The van der Waals surface area contributed by atoms with E-state index in [1.54, 1.807) is 12.3 Å². The smallest absolute Gasteiger partial charge is 0.282 e. The number of halogens is 2. The molecular formula is C27H25BrClN3O3. The second-order valence-corrected chi connectivity index (χ2v) is 9.14. The van der Waals surface area contributed by atoms with Crippen molar-refractivity contribution in [3.63, 3.8) is 0 Å². The van der Waals surface area contributed by atoms with Crippen molar-refractivity contribution in [2.45, 2.75) is 33.3 Å². The van der Waals surface area contributed by atoms with Crippen LogP contribution in [0, 0.1) is 0 Å². The second-order valence-electron chi connectivity index (χ2n) is 7.82. The highest BCUT2D eigenvalue weighted by atomic mass is 79.9. The van der Waals surface area contributed by atoms with E-state index in [0.29, 0.717) is 52.9 Å². The van der Waals surface area contributed by atoms with Gasteiger partial charge in [0.1, 0.15) is 12.4 Å². The van der Waals surface area contributed by atoms with E-state index in [9.17, 15) is 4.79 Å². The van der Waals surface area contributed by atoms with Gasteiger partial charge in [-0.05, 0) is 61.4 Å². The van der Waals surface area contributed by atoms with E-state index in [2.05, 4.69) is 26.0 Å². The molecule has 4 rings (SSSR count). The van der Waals surface area contributed by atoms with E-state index in [-0.39, 0.29) is 5.56 Å². The minimum absolute atomic E-state index is 0.208. The molecule has 0 bridgehead atoms. The first-order valence-electron chi connectivity index (χ1n) is 11.4. The molecule has 4 aromatic rings. The first kappa shape index (κ1) is 24.9. The van der Waals surface area contributed by atoms with Gasteiger partial charge in [-0.25, -0.2) is 4.98 Å². The summed E-state index contributed by atoms with van der Waals surface area (Å²) in [6.07, 6.45) is 3.11. The van der Waals surface area contributed by atoms with Crippen LogP contribution in [0.4, 0.5) is 0 Å². The lowest BCUT2D eigenvalue weighted by atomic mass is 10.2. The number of hydrogen-bond acceptors (Lipinski definition) is 5. The van der Waals surface area contributed by atoms with Gasteiger partial charge in [-0.2, -0.15) is 9.78 Å². The number of benzene rings is 3. The molecule has 0 saturated carbocycles. The summed E-state index contributed by atoms with van der Waals surface area (Å²) < 4.78 is 14.0. The number of fused-ring (bicyclic) bond motifs is 1. The Bertz CT molecular complexity index is 1440. The summed E-state index contributed by atoms with van der Waals surface area (Å²) in [4.78, 5) is 17.9. The van der Waals surface area contributed by atoms with Crippen LogP contribution < -0.4 is 15.0 Å². The minimum Gasteiger partial charge on any atom is -0.490 e. The van der Waals surface area contributed by atoms with Crippen LogP contribution in [0.2, 0.25) is 5.02 Å². The van der Waals surface area contributed by atoms with E-state index in [4.69, 9.17) is 21.1 Å². The topological polar surface area (TPSA) is 65.7 Å². The summed E-state index contributed by atoms with van der Waals surface area (Å²) in [6, 6.07) is 18.6. The molecule has 0 amide bonds. The van der Waals surface area contributed by atoms with Crippen molar-refractivity contribution in [1.82, 2.24) is 9.66 Å². The molecule has 0 spiro atoms. The Kier molecular flexibility index (Phi) is 8.21. The van der Waals surface area contributed by atoms with Crippen LogP contribution >= 0.6 is 27.5 Å². The van der Waals surface area contributed by atoms with Crippen LogP contribution in [0.1, 0.15) is 37.2 Å². The largest absolute Gasteiger partial charge is 0.490 e. The first-order valence-corrected chi connectivity index (χ1v) is 12.6. The van der Waals surface area contributed by atoms with E-state index >= 15 is 0 Å². The monoisotopic (exact) mass is 553 g/mol. The molecule has 6 nitrogen and oxygen atoms in total. The van der Waals surface area contributed by atoms with Gasteiger partial charge in [0.2, 0.25) is 0 Å². The van der Waals surface area contributed by atoms with Crippen LogP contribution in [-0.2, 0) is 13.0 Å². The molecule has 1 heterocycles. The van der Waals surface area contributed by atoms with Crippen LogP contribution in [0.25, 0.3) is 10.9 Å². The fourth-order valence-electron chi connectivity index (χ4n) is 3.59. The number of nitrogens with zero attached hydrogens (tertiary/aromatic N) is 3. The van der Waals surface area contributed by atoms with Gasteiger partial charge in [0.05, 0.1) is 23.7 Å². The molecule has 8 heteroatoms. The van der Waals surface area contributed by atoms with Crippen molar-refractivity contribution >= 4 is 44.6 Å². The third-order valence-corrected chi connectivity index (χ3v) is 6.14. The molecule has 180 valence electrons. The Morgan fingerprint density at radius 2 is 1.89 bits per heavy atom. The van der Waals surface area contributed by atoms with Crippen molar-refractivity contribution in [3.8, 4) is 11.5 Å². The van der Waals surface area contributed by atoms with E-state index in [0.717, 1.165) is 22.0 Å². The number of ether oxygens (including phenoxy) is 2. The Morgan fingerprint density at radius 1 is 1.06 bits per heavy atom. The van der Waals surface area contributed by atoms with Gasteiger partial charge in [0.15, 0.2) is 11.5 Å². The minimum atomic E-state index is -0.208. The highest BCUT2D eigenvalue weighted by molar-refractivity contribution is 9.10. The lowest BCUT2D eigenvalue weighted by Crippen LogP contribution is -2.22. The van der Waals surface area contributed by atoms with Crippen molar-refractivity contribution in [2.24, 2.45) is 5.10 Å². The van der Waals surface area contributed by atoms with Crippen LogP contribution in [0.5, 0.6) is 11.5 Å². The van der Waals surface area contributed by atoms with Gasteiger partial charge >= 0.3 is 0 Å². The van der Waals surface area contributed by atoms with Crippen molar-refractivity contribution in [3.05, 3.63) is 97.5 Å². The highest BCUT2D eigenvalue weighted by Crippen LogP contribution is 2.29. The molecule has 35 heavy (non-hydrogen) atoms. The number of aromatic nitrogens is 2. The van der Waals surface area contributed by atoms with Crippen molar-refractivity contribution in [1.29, 1.82) is 0 Å². The van der Waals surface area contributed by atoms with Gasteiger partial charge in [0, 0.05) is 21.5 Å². The molecule has 0 saturated heterocycles. The maximum Gasteiger partial charge on any atom is 0.282 e. The van der Waals surface area contributed by atoms with Gasteiger partial charge in [-0.15, -0.1) is 0 Å². The highest BCUT2D eigenvalue weighted by Gasteiger charge is 2.11. The van der Waals surface area contributed by atoms with Gasteiger partial charge in [0.25, 0.3) is 5.56 Å². The van der Waals surface area contributed by atoms with E-state index in [1.807, 2.05) is 68.4 Å². The van der Waals surface area contributed by atoms with Gasteiger partial charge in [-0.1, -0.05) is 52.7 Å². The van der Waals surface area contributed by atoms with Crippen LogP contribution in [-0.4, -0.2) is 22.5 Å². The molecule has 3 aromatic carbocycles. The zero-order valence-corrected chi connectivity index (χ0v) is 21.8. The summed E-state index contributed by atoms with van der Waals surface area (Å²) in [5, 5.41) is 5.66. The maximum atomic E-state index is 13.2. The fourth-order valence-corrected chi connectivity index (χ4v) is 4.14. The quantitative estimate of drug-likeness (QED) is 0.218. The Balaban J connectivity index is 1.65. The summed E-state index contributed by atoms with van der Waals surface area (Å²) in [5.74, 6) is 1.81. The van der Waals surface area contributed by atoms with Gasteiger partial charge < -0.3 is 9.47 Å². The Labute approximate surface area is 217 Å². The van der Waals surface area contributed by atoms with E-state index < -0.39 is 0 Å². The summed E-state index contributed by atoms with van der Waals surface area (Å²) >= 11 is 9.67. The lowest BCUT2D eigenvalue weighted by Gasteiger charge is -2.13. The molecule has 0 aliphatic carbocycles. The molecule has 1 aromatic heterocycles. The van der Waals surface area contributed by atoms with Crippen LogP contribution in [0.15, 0.2) is 75.0 Å². The molecule has 0 unspecified atom stereocenters. The predicted molar refractivity (Wildman–Crippen MR) is 144 cm³/mol. The molecule has 0 atom stereocenters. The molecule has 0 fully saturated rings. The molecule has 0 N–H and O–H groups in total. The lowest BCUT2D eigenvalue weighted by molar-refractivity contribution is 0.269. The Hall–Kier alpha value is -3.16. The van der Waals surface area contributed by atoms with E-state index in [1.165, 1.54) is 4.68 Å². The summed E-state index contributed by atoms with van der Waals surface area (Å²) in [6.45, 7) is 4.75. The van der Waals surface area contributed by atoms with Crippen molar-refractivity contribution < 1.29 is 9.47 Å². The molecule has 0 aliphatic heterocycles. The van der Waals surface area contributed by atoms with Crippen LogP contribution in [0.3, 0.4) is 0 Å². The zero-order valence-electron chi connectivity index (χ0n) is 19.5. The predicted octanol–water partition coefficient (Wildman–Crippen LogP) is 6.62. The SMILES string of the molecule is CCCc1nc2ccc(Br)cc2c(=O)n1N=Cc1ccc(OCc2ccccc2Cl)c(OCC)c1. The average Bonchev–Trinajstić information content (AvgIpc) is 2.85. The molecule has 0 aliphatic rings. The standard InChI is InChI=1S/C27H25BrClN3O3/c1-3-7-26-31-23-12-11-20(28)15-21(23)27(33)32(26)30-16-18-10-13-24(25(14-18)34-4-2)35-17-19-8-5-6-9-22(19)29/h5-6,8-16H,3-4,7,17H2,1-2H3. The normalized spacial score (nSPS) is 11.3. The molecule has 0 radical (unpaired) electrons. The Morgan fingerprint density at radius 3 is 2.66 bits per heavy atom. The fraction of sp³-hybridized carbons (Fsp3) is 0.222. The molecular weight excluding hydrogens is 530 g/mol. The average molecular weight is 555 g/mol. The third-order valence-electron chi connectivity index (χ3n) is 5.28.